The summed E-state index contributed by atoms with van der Waals surface area (Å²) in [7, 11) is 0. The van der Waals surface area contributed by atoms with Crippen molar-refractivity contribution in [1.29, 1.82) is 0 Å². The van der Waals surface area contributed by atoms with Crippen molar-refractivity contribution in [3.05, 3.63) is 0 Å². The van der Waals surface area contributed by atoms with E-state index in [1.807, 2.05) is 0 Å². The zero-order valence-corrected chi connectivity index (χ0v) is 6.27. The van der Waals surface area contributed by atoms with Gasteiger partial charge in [-0.2, -0.15) is 0 Å². The lowest BCUT2D eigenvalue weighted by molar-refractivity contribution is 0.161. The number of rotatable bonds is 0. The summed E-state index contributed by atoms with van der Waals surface area (Å²) < 4.78 is 0. The Balaban J connectivity index is 2.32. The van der Waals surface area contributed by atoms with Gasteiger partial charge in [0.15, 0.2) is 0 Å². The van der Waals surface area contributed by atoms with Gasteiger partial charge in [0.2, 0.25) is 0 Å². The van der Waals surface area contributed by atoms with E-state index in [0.29, 0.717) is 0 Å². The predicted molar refractivity (Wildman–Crippen MR) is 38.7 cm³/mol. The highest BCUT2D eigenvalue weighted by Crippen LogP contribution is 2.21. The molecule has 0 aromatic carbocycles. The van der Waals surface area contributed by atoms with E-state index in [9.17, 15) is 5.11 Å². The molecule has 1 nitrogen and oxygen atoms in total. The van der Waals surface area contributed by atoms with Crippen LogP contribution in [0, 0.1) is 0 Å². The summed E-state index contributed by atoms with van der Waals surface area (Å²) in [4.78, 5) is 0. The molecular formula is C7H13ClO. The maximum absolute atomic E-state index is 9.23. The second-order valence-electron chi connectivity index (χ2n) is 2.72. The Kier molecular flexibility index (Phi) is 2.80. The molecule has 1 N–H and O–H groups in total. The number of hydrogen-bond donors (Lipinski definition) is 1. The molecule has 2 unspecified atom stereocenters. The van der Waals surface area contributed by atoms with Crippen LogP contribution in [0.5, 0.6) is 0 Å². The molecule has 0 aromatic rings. The van der Waals surface area contributed by atoms with Crippen molar-refractivity contribution < 1.29 is 5.11 Å². The lowest BCUT2D eigenvalue weighted by Gasteiger charge is -2.11. The lowest BCUT2D eigenvalue weighted by atomic mass is 10.1. The van der Waals surface area contributed by atoms with Gasteiger partial charge in [-0.25, -0.2) is 0 Å². The predicted octanol–water partition coefficient (Wildman–Crippen LogP) is 1.92. The molecule has 0 bridgehead atoms. The largest absolute Gasteiger partial charge is 0.392 e. The Morgan fingerprint density at radius 3 is 2.56 bits per heavy atom. The van der Waals surface area contributed by atoms with Crippen molar-refractivity contribution in [2.24, 2.45) is 0 Å². The Morgan fingerprint density at radius 1 is 1.11 bits per heavy atom. The first-order valence-corrected chi connectivity index (χ1v) is 4.06. The van der Waals surface area contributed by atoms with Crippen LogP contribution in [0.15, 0.2) is 0 Å². The van der Waals surface area contributed by atoms with Gasteiger partial charge in [0.05, 0.1) is 11.5 Å². The van der Waals surface area contributed by atoms with Gasteiger partial charge in [0, 0.05) is 0 Å². The molecule has 0 radical (unpaired) electrons. The molecular weight excluding hydrogens is 136 g/mol. The van der Waals surface area contributed by atoms with Crippen LogP contribution >= 0.6 is 11.6 Å². The van der Waals surface area contributed by atoms with Crippen LogP contribution in [0.1, 0.15) is 32.1 Å². The summed E-state index contributed by atoms with van der Waals surface area (Å²) in [5.41, 5.74) is 0. The third kappa shape index (κ3) is 2.15. The minimum absolute atomic E-state index is 0.0208. The van der Waals surface area contributed by atoms with E-state index in [1.54, 1.807) is 0 Å². The van der Waals surface area contributed by atoms with Crippen molar-refractivity contribution in [3.8, 4) is 0 Å². The molecule has 2 heteroatoms. The van der Waals surface area contributed by atoms with Crippen molar-refractivity contribution in [3.63, 3.8) is 0 Å². The standard InChI is InChI=1S/C7H13ClO/c8-6-4-2-1-3-5-7(6)9/h6-7,9H,1-5H2. The van der Waals surface area contributed by atoms with Crippen LogP contribution in [-0.2, 0) is 0 Å². The SMILES string of the molecule is OC1CCCCCC1Cl. The quantitative estimate of drug-likeness (QED) is 0.411. The molecule has 1 aliphatic carbocycles. The first-order chi connectivity index (χ1) is 4.30. The molecule has 9 heavy (non-hydrogen) atoms. The monoisotopic (exact) mass is 148 g/mol. The van der Waals surface area contributed by atoms with Gasteiger partial charge < -0.3 is 5.11 Å². The number of aliphatic hydroxyl groups is 1. The maximum atomic E-state index is 9.23. The molecule has 2 atom stereocenters. The fourth-order valence-electron chi connectivity index (χ4n) is 1.24. The van der Waals surface area contributed by atoms with E-state index >= 15 is 0 Å². The zero-order valence-electron chi connectivity index (χ0n) is 5.52. The lowest BCUT2D eigenvalue weighted by Crippen LogP contribution is -2.18. The van der Waals surface area contributed by atoms with Crippen LogP contribution < -0.4 is 0 Å². The van der Waals surface area contributed by atoms with Gasteiger partial charge in [-0.15, -0.1) is 11.6 Å². The Morgan fingerprint density at radius 2 is 1.78 bits per heavy atom. The van der Waals surface area contributed by atoms with Gasteiger partial charge in [-0.3, -0.25) is 0 Å². The summed E-state index contributed by atoms with van der Waals surface area (Å²) >= 11 is 5.82. The highest BCUT2D eigenvalue weighted by Gasteiger charge is 2.18. The molecule has 1 rings (SSSR count). The summed E-state index contributed by atoms with van der Waals surface area (Å²) in [6.07, 6.45) is 5.21. The average Bonchev–Trinajstić information content (AvgIpc) is 1.99. The average molecular weight is 149 g/mol. The minimum Gasteiger partial charge on any atom is -0.392 e. The Bertz CT molecular complexity index is 75.0. The van der Waals surface area contributed by atoms with Crippen molar-refractivity contribution >= 4 is 11.6 Å². The summed E-state index contributed by atoms with van der Waals surface area (Å²) in [5.74, 6) is 0. The van der Waals surface area contributed by atoms with Gasteiger partial charge in [-0.05, 0) is 12.8 Å². The van der Waals surface area contributed by atoms with Crippen LogP contribution in [0.3, 0.4) is 0 Å². The Hall–Kier alpha value is 0.250. The molecule has 1 saturated carbocycles. The normalized spacial score (nSPS) is 38.0. The van der Waals surface area contributed by atoms with E-state index in [4.69, 9.17) is 11.6 Å². The first kappa shape index (κ1) is 7.36. The third-order valence-electron chi connectivity index (χ3n) is 1.90. The summed E-state index contributed by atoms with van der Waals surface area (Å²) in [6, 6.07) is 0. The smallest absolute Gasteiger partial charge is 0.0703 e. The van der Waals surface area contributed by atoms with E-state index in [0.717, 1.165) is 19.3 Å². The molecule has 0 aliphatic heterocycles. The molecule has 1 aliphatic rings. The fourth-order valence-corrected chi connectivity index (χ4v) is 1.52. The highest BCUT2D eigenvalue weighted by molar-refractivity contribution is 6.21. The van der Waals surface area contributed by atoms with E-state index in [-0.39, 0.29) is 11.5 Å². The Labute approximate surface area is 61.0 Å². The topological polar surface area (TPSA) is 20.2 Å². The van der Waals surface area contributed by atoms with Crippen LogP contribution in [-0.4, -0.2) is 16.6 Å². The second-order valence-corrected chi connectivity index (χ2v) is 3.28. The molecule has 54 valence electrons. The molecule has 0 heterocycles. The highest BCUT2D eigenvalue weighted by atomic mass is 35.5. The van der Waals surface area contributed by atoms with Crippen LogP contribution in [0.2, 0.25) is 0 Å². The minimum atomic E-state index is -0.242. The second kappa shape index (κ2) is 3.43. The van der Waals surface area contributed by atoms with Gasteiger partial charge in [0.1, 0.15) is 0 Å². The zero-order chi connectivity index (χ0) is 6.69. The van der Waals surface area contributed by atoms with E-state index < -0.39 is 0 Å². The van der Waals surface area contributed by atoms with Gasteiger partial charge in [0.25, 0.3) is 0 Å². The number of aliphatic hydroxyl groups excluding tert-OH is 1. The number of hydrogen-bond acceptors (Lipinski definition) is 1. The molecule has 0 spiro atoms. The van der Waals surface area contributed by atoms with Crippen molar-refractivity contribution in [2.45, 2.75) is 43.6 Å². The van der Waals surface area contributed by atoms with Gasteiger partial charge in [-0.1, -0.05) is 19.3 Å². The number of alkyl halides is 1. The first-order valence-electron chi connectivity index (χ1n) is 3.63. The van der Waals surface area contributed by atoms with Crippen LogP contribution in [0.4, 0.5) is 0 Å². The summed E-state index contributed by atoms with van der Waals surface area (Å²) in [6.45, 7) is 0. The van der Waals surface area contributed by atoms with Gasteiger partial charge >= 0.3 is 0 Å². The number of halogens is 1. The van der Waals surface area contributed by atoms with Crippen molar-refractivity contribution in [1.82, 2.24) is 0 Å². The van der Waals surface area contributed by atoms with E-state index in [1.165, 1.54) is 12.8 Å². The van der Waals surface area contributed by atoms with Crippen LogP contribution in [0.25, 0.3) is 0 Å². The van der Waals surface area contributed by atoms with E-state index in [2.05, 4.69) is 0 Å². The molecule has 0 amide bonds. The molecule has 0 saturated heterocycles. The molecule has 1 fully saturated rings. The molecule has 0 aromatic heterocycles. The summed E-state index contributed by atoms with van der Waals surface area (Å²) in [5, 5.41) is 9.25. The fraction of sp³-hybridized carbons (Fsp3) is 1.00. The maximum Gasteiger partial charge on any atom is 0.0703 e. The third-order valence-corrected chi connectivity index (χ3v) is 2.41. The van der Waals surface area contributed by atoms with Crippen molar-refractivity contribution in [2.75, 3.05) is 0 Å².